The van der Waals surface area contributed by atoms with Crippen molar-refractivity contribution >= 4 is 30.7 Å². The van der Waals surface area contributed by atoms with Crippen molar-refractivity contribution in [3.05, 3.63) is 12.2 Å². The van der Waals surface area contributed by atoms with Crippen LogP contribution in [0.5, 0.6) is 0 Å². The first-order valence-corrected chi connectivity index (χ1v) is 4.56. The monoisotopic (exact) mass is 214 g/mol. The molecule has 2 atom stereocenters. The second-order valence-corrected chi connectivity index (χ2v) is 3.97. The number of aliphatic carboxylic acids is 1. The second-order valence-electron chi connectivity index (χ2n) is 3.18. The van der Waals surface area contributed by atoms with Gasteiger partial charge in [0.2, 0.25) is 0 Å². The van der Waals surface area contributed by atoms with E-state index in [1.54, 1.807) is 6.08 Å². The number of carbonyl (C=O) groups excluding carboxylic acids is 2. The molecular formula is C9H10O4S. The molecule has 0 aliphatic heterocycles. The van der Waals surface area contributed by atoms with E-state index in [0.717, 1.165) is 0 Å². The molecule has 1 aliphatic rings. The highest BCUT2D eigenvalue weighted by Gasteiger charge is 2.45. The van der Waals surface area contributed by atoms with Crippen molar-refractivity contribution in [2.24, 2.45) is 5.92 Å². The van der Waals surface area contributed by atoms with E-state index in [4.69, 9.17) is 5.11 Å². The number of allylic oxidation sites excluding steroid dienone is 2. The van der Waals surface area contributed by atoms with E-state index in [9.17, 15) is 14.4 Å². The van der Waals surface area contributed by atoms with E-state index in [1.807, 2.05) is 0 Å². The minimum absolute atomic E-state index is 0.204. The summed E-state index contributed by atoms with van der Waals surface area (Å²) in [6.45, 7) is 0. The number of aldehydes is 1. The van der Waals surface area contributed by atoms with Crippen molar-refractivity contribution in [2.75, 3.05) is 0 Å². The van der Waals surface area contributed by atoms with Crippen LogP contribution in [-0.4, -0.2) is 27.9 Å². The molecule has 0 saturated heterocycles. The molecule has 76 valence electrons. The van der Waals surface area contributed by atoms with Crippen molar-refractivity contribution in [3.8, 4) is 0 Å². The van der Waals surface area contributed by atoms with E-state index in [-0.39, 0.29) is 18.6 Å². The maximum absolute atomic E-state index is 11.3. The van der Waals surface area contributed by atoms with Gasteiger partial charge in [0.1, 0.15) is 16.8 Å². The summed E-state index contributed by atoms with van der Waals surface area (Å²) in [7, 11) is 0. The number of carbonyl (C=O) groups is 3. The number of ketones is 1. The molecule has 0 aromatic carbocycles. The molecular weight excluding hydrogens is 204 g/mol. The summed E-state index contributed by atoms with van der Waals surface area (Å²) in [5, 5.41) is 8.92. The summed E-state index contributed by atoms with van der Waals surface area (Å²) in [6.07, 6.45) is 3.53. The quantitative estimate of drug-likeness (QED) is 0.405. The second kappa shape index (κ2) is 3.96. The summed E-state index contributed by atoms with van der Waals surface area (Å²) in [5.74, 6) is -2.24. The number of thiol groups is 1. The fourth-order valence-corrected chi connectivity index (χ4v) is 1.76. The largest absolute Gasteiger partial charge is 0.480 e. The Bertz CT molecular complexity index is 310. The molecule has 4 nitrogen and oxygen atoms in total. The zero-order valence-corrected chi connectivity index (χ0v) is 8.24. The van der Waals surface area contributed by atoms with Crippen molar-refractivity contribution < 1.29 is 19.5 Å². The SMILES string of the molecule is O=CCC(S)(C(=O)O)C1C=CCC1=O. The van der Waals surface area contributed by atoms with Gasteiger partial charge in [0, 0.05) is 12.8 Å². The van der Waals surface area contributed by atoms with E-state index < -0.39 is 16.6 Å². The maximum Gasteiger partial charge on any atom is 0.321 e. The summed E-state index contributed by atoms with van der Waals surface area (Å²) in [5.41, 5.74) is 0. The van der Waals surface area contributed by atoms with Gasteiger partial charge in [-0.1, -0.05) is 12.2 Å². The number of hydrogen-bond acceptors (Lipinski definition) is 4. The lowest BCUT2D eigenvalue weighted by molar-refractivity contribution is -0.143. The smallest absolute Gasteiger partial charge is 0.321 e. The van der Waals surface area contributed by atoms with Gasteiger partial charge in [-0.3, -0.25) is 9.59 Å². The average Bonchev–Trinajstić information content (AvgIpc) is 2.51. The van der Waals surface area contributed by atoms with Crippen LogP contribution in [0, 0.1) is 5.92 Å². The predicted molar refractivity (Wildman–Crippen MR) is 52.3 cm³/mol. The van der Waals surface area contributed by atoms with Gasteiger partial charge in [0.25, 0.3) is 0 Å². The molecule has 1 rings (SSSR count). The highest BCUT2D eigenvalue weighted by Crippen LogP contribution is 2.34. The standard InChI is InChI=1S/C9H10O4S/c10-5-4-9(14,8(12)13)6-2-1-3-7(6)11/h1-2,5-6,14H,3-4H2,(H,12,13). The van der Waals surface area contributed by atoms with Gasteiger partial charge in [0.05, 0.1) is 5.92 Å². The topological polar surface area (TPSA) is 71.4 Å². The number of carboxylic acids is 1. The Labute approximate surface area is 86.4 Å². The minimum atomic E-state index is -1.59. The first-order valence-electron chi connectivity index (χ1n) is 4.11. The zero-order chi connectivity index (χ0) is 10.8. The fourth-order valence-electron chi connectivity index (χ4n) is 1.45. The van der Waals surface area contributed by atoms with Crippen molar-refractivity contribution in [2.45, 2.75) is 17.6 Å². The molecule has 0 bridgehead atoms. The van der Waals surface area contributed by atoms with Gasteiger partial charge in [-0.25, -0.2) is 0 Å². The first-order chi connectivity index (χ1) is 6.52. The molecule has 5 heteroatoms. The Balaban J connectivity index is 2.97. The molecule has 0 aromatic rings. The third kappa shape index (κ3) is 1.72. The lowest BCUT2D eigenvalue weighted by atomic mass is 9.87. The number of hydrogen-bond donors (Lipinski definition) is 2. The lowest BCUT2D eigenvalue weighted by Crippen LogP contribution is -2.42. The van der Waals surface area contributed by atoms with E-state index in [0.29, 0.717) is 6.29 Å². The molecule has 1 aliphatic carbocycles. The number of carboxylic acid groups (broad SMARTS) is 1. The Kier molecular flexibility index (Phi) is 3.10. The van der Waals surface area contributed by atoms with Gasteiger partial charge in [-0.05, 0) is 0 Å². The van der Waals surface area contributed by atoms with Crippen LogP contribution >= 0.6 is 12.6 Å². The summed E-state index contributed by atoms with van der Waals surface area (Å²) in [6, 6.07) is 0. The van der Waals surface area contributed by atoms with Gasteiger partial charge >= 0.3 is 5.97 Å². The van der Waals surface area contributed by atoms with Gasteiger partial charge in [-0.15, -0.1) is 0 Å². The van der Waals surface area contributed by atoms with Crippen LogP contribution < -0.4 is 0 Å². The molecule has 1 N–H and O–H groups in total. The van der Waals surface area contributed by atoms with E-state index in [1.165, 1.54) is 6.08 Å². The van der Waals surface area contributed by atoms with Crippen molar-refractivity contribution in [3.63, 3.8) is 0 Å². The third-order valence-electron chi connectivity index (χ3n) is 2.27. The Morgan fingerprint density at radius 1 is 1.79 bits per heavy atom. The molecule has 2 unspecified atom stereocenters. The van der Waals surface area contributed by atoms with Gasteiger partial charge in [-0.2, -0.15) is 12.6 Å². The third-order valence-corrected chi connectivity index (χ3v) is 2.93. The lowest BCUT2D eigenvalue weighted by Gasteiger charge is -2.25. The molecule has 0 saturated carbocycles. The molecule has 0 heterocycles. The normalized spacial score (nSPS) is 24.6. The Morgan fingerprint density at radius 3 is 2.79 bits per heavy atom. The highest BCUT2D eigenvalue weighted by molar-refractivity contribution is 7.82. The van der Waals surface area contributed by atoms with Crippen LogP contribution in [0.25, 0.3) is 0 Å². The summed E-state index contributed by atoms with van der Waals surface area (Å²) < 4.78 is -1.59. The molecule has 0 aromatic heterocycles. The van der Waals surface area contributed by atoms with Gasteiger partial charge < -0.3 is 9.90 Å². The van der Waals surface area contributed by atoms with Crippen molar-refractivity contribution in [1.29, 1.82) is 0 Å². The van der Waals surface area contributed by atoms with Gasteiger partial charge in [0.15, 0.2) is 0 Å². The molecule has 0 fully saturated rings. The van der Waals surface area contributed by atoms with Crippen LogP contribution in [-0.2, 0) is 14.4 Å². The minimum Gasteiger partial charge on any atom is -0.480 e. The fraction of sp³-hybridized carbons (Fsp3) is 0.444. The molecule has 0 amide bonds. The average molecular weight is 214 g/mol. The van der Waals surface area contributed by atoms with Crippen LogP contribution in [0.3, 0.4) is 0 Å². The number of rotatable bonds is 4. The van der Waals surface area contributed by atoms with Crippen LogP contribution in [0.15, 0.2) is 12.2 Å². The predicted octanol–water partition coefficient (Wildman–Crippen LogP) is 0.474. The first kappa shape index (κ1) is 11.0. The summed E-state index contributed by atoms with van der Waals surface area (Å²) >= 11 is 3.95. The summed E-state index contributed by atoms with van der Waals surface area (Å²) in [4.78, 5) is 32.6. The molecule has 0 spiro atoms. The molecule has 0 radical (unpaired) electrons. The van der Waals surface area contributed by atoms with Crippen LogP contribution in [0.4, 0.5) is 0 Å². The Morgan fingerprint density at radius 2 is 2.43 bits per heavy atom. The van der Waals surface area contributed by atoms with Crippen LogP contribution in [0.1, 0.15) is 12.8 Å². The number of Topliss-reactive ketones (excluding diaryl/α,β-unsaturated/α-hetero) is 1. The van der Waals surface area contributed by atoms with Crippen LogP contribution in [0.2, 0.25) is 0 Å². The maximum atomic E-state index is 11.3. The van der Waals surface area contributed by atoms with Crippen molar-refractivity contribution in [1.82, 2.24) is 0 Å². The zero-order valence-electron chi connectivity index (χ0n) is 7.34. The van der Waals surface area contributed by atoms with E-state index >= 15 is 0 Å². The Hall–Kier alpha value is -1.10. The highest BCUT2D eigenvalue weighted by atomic mass is 32.1. The van der Waals surface area contributed by atoms with E-state index in [2.05, 4.69) is 12.6 Å². The molecule has 14 heavy (non-hydrogen) atoms.